The summed E-state index contributed by atoms with van der Waals surface area (Å²) in [7, 11) is 4.92. The molecule has 0 aliphatic carbocycles. The second-order valence-corrected chi connectivity index (χ2v) is 5.10. The predicted molar refractivity (Wildman–Crippen MR) is 104 cm³/mol. The van der Waals surface area contributed by atoms with E-state index >= 15 is 0 Å². The van der Waals surface area contributed by atoms with E-state index in [0.29, 0.717) is 19.6 Å². The molecule has 1 rings (SSSR count). The average molecular weight is 423 g/mol. The van der Waals surface area contributed by atoms with Crippen LogP contribution in [-0.2, 0) is 25.9 Å². The first-order valence-corrected chi connectivity index (χ1v) is 9.04. The van der Waals surface area contributed by atoms with E-state index in [1.54, 1.807) is 33.3 Å². The third-order valence-corrected chi connectivity index (χ3v) is 2.84. The fraction of sp³-hybridized carbons (Fsp3) is 0.611. The molecule has 0 aliphatic heterocycles. The molecule has 11 heteroatoms. The number of rotatable bonds is 13. The fourth-order valence-corrected chi connectivity index (χ4v) is 1.48. The van der Waals surface area contributed by atoms with Gasteiger partial charge in [0.05, 0.1) is 19.9 Å². The van der Waals surface area contributed by atoms with E-state index in [2.05, 4.69) is 26.6 Å². The first-order chi connectivity index (χ1) is 14.0. The molecule has 0 bridgehead atoms. The van der Waals surface area contributed by atoms with Gasteiger partial charge < -0.3 is 10.2 Å². The first-order valence-electron chi connectivity index (χ1n) is 9.04. The lowest BCUT2D eigenvalue weighted by Crippen LogP contribution is -2.31. The van der Waals surface area contributed by atoms with E-state index < -0.39 is 6.67 Å². The van der Waals surface area contributed by atoms with Crippen LogP contribution in [0, 0.1) is 5.82 Å². The Kier molecular flexibility index (Phi) is 24.6. The second kappa shape index (κ2) is 24.3. The molecule has 0 heterocycles. The van der Waals surface area contributed by atoms with Gasteiger partial charge in [-0.05, 0) is 30.5 Å². The Bertz CT molecular complexity index is 455. The van der Waals surface area contributed by atoms with Crippen molar-refractivity contribution < 1.29 is 32.5 Å². The van der Waals surface area contributed by atoms with Crippen molar-refractivity contribution in [3.63, 3.8) is 0 Å². The first kappa shape index (κ1) is 29.4. The monoisotopic (exact) mass is 423 g/mol. The summed E-state index contributed by atoms with van der Waals surface area (Å²) < 4.78 is 35.1. The molecule has 0 atom stereocenters. The van der Waals surface area contributed by atoms with Crippen molar-refractivity contribution in [2.24, 2.45) is 0 Å². The van der Waals surface area contributed by atoms with Crippen LogP contribution in [0.25, 0.3) is 0 Å². The molecule has 1 aromatic rings. The molecule has 1 amide bonds. The van der Waals surface area contributed by atoms with Gasteiger partial charge in [-0.1, -0.05) is 12.1 Å². The van der Waals surface area contributed by atoms with Crippen LogP contribution in [0.5, 0.6) is 0 Å². The summed E-state index contributed by atoms with van der Waals surface area (Å²) in [5.41, 5.74) is 8.31. The Hall–Kier alpha value is -1.76. The molecule has 0 saturated heterocycles. The highest BCUT2D eigenvalue weighted by Crippen LogP contribution is 2.02. The summed E-state index contributed by atoms with van der Waals surface area (Å²) in [6.45, 7) is 0.220. The Balaban J connectivity index is 0. The number of nitrogens with one attached hydrogen (secondary N) is 4. The number of hydrogen-bond donors (Lipinski definition) is 4. The summed E-state index contributed by atoms with van der Waals surface area (Å²) in [6.07, 6.45) is 1.39. The minimum atomic E-state index is -0.550. The summed E-state index contributed by atoms with van der Waals surface area (Å²) in [4.78, 5) is 24.6. The van der Waals surface area contributed by atoms with Crippen molar-refractivity contribution in [1.82, 2.24) is 21.8 Å². The predicted octanol–water partition coefficient (Wildman–Crippen LogP) is 1.59. The van der Waals surface area contributed by atoms with E-state index in [1.165, 1.54) is 12.1 Å². The number of unbranched alkanes of at least 4 members (excludes halogenated alkanes) is 1. The van der Waals surface area contributed by atoms with Gasteiger partial charge in [-0.15, -0.1) is 0 Å². The second-order valence-electron chi connectivity index (χ2n) is 5.10. The molecule has 0 aromatic heterocycles. The minimum absolute atomic E-state index is 0.0475. The molecule has 0 spiro atoms. The summed E-state index contributed by atoms with van der Waals surface area (Å²) in [5, 5.41) is 2.29. The van der Waals surface area contributed by atoms with Crippen molar-refractivity contribution in [3.05, 3.63) is 35.6 Å². The molecule has 29 heavy (non-hydrogen) atoms. The third-order valence-electron chi connectivity index (χ3n) is 2.84. The van der Waals surface area contributed by atoms with Crippen LogP contribution in [0.4, 0.5) is 13.2 Å². The fourth-order valence-electron chi connectivity index (χ4n) is 1.48. The highest BCUT2D eigenvalue weighted by Gasteiger charge is 1.97. The lowest BCUT2D eigenvalue weighted by atomic mass is 10.2. The molecule has 8 nitrogen and oxygen atoms in total. The average Bonchev–Trinajstić information content (AvgIpc) is 2.74. The number of halogens is 3. The normalized spacial score (nSPS) is 9.72. The lowest BCUT2D eigenvalue weighted by molar-refractivity contribution is -0.127. The minimum Gasteiger partial charge on any atom is -0.351 e. The largest absolute Gasteiger partial charge is 0.351 e. The van der Waals surface area contributed by atoms with E-state index in [9.17, 15) is 18.0 Å². The Morgan fingerprint density at radius 1 is 0.897 bits per heavy atom. The van der Waals surface area contributed by atoms with Gasteiger partial charge in [0.25, 0.3) is 0 Å². The molecule has 1 aromatic carbocycles. The van der Waals surface area contributed by atoms with Crippen molar-refractivity contribution >= 4 is 5.91 Å². The van der Waals surface area contributed by atoms with E-state index in [4.69, 9.17) is 9.68 Å². The number of benzene rings is 1. The number of carbonyl (C=O) groups is 1. The topological polar surface area (TPSA) is 92.9 Å². The third kappa shape index (κ3) is 24.2. The smallest absolute Gasteiger partial charge is 0.248 e. The van der Waals surface area contributed by atoms with Crippen molar-refractivity contribution in [2.75, 3.05) is 54.3 Å². The molecular formula is C18H33F3N4O4. The van der Waals surface area contributed by atoms with Crippen molar-refractivity contribution in [2.45, 2.75) is 19.4 Å². The van der Waals surface area contributed by atoms with Gasteiger partial charge in [0.1, 0.15) is 19.1 Å². The van der Waals surface area contributed by atoms with Gasteiger partial charge in [0, 0.05) is 27.7 Å². The van der Waals surface area contributed by atoms with E-state index in [-0.39, 0.29) is 31.6 Å². The molecule has 0 radical (unpaired) electrons. The molecule has 0 saturated carbocycles. The van der Waals surface area contributed by atoms with Gasteiger partial charge in [-0.25, -0.2) is 25.2 Å². The zero-order valence-corrected chi connectivity index (χ0v) is 17.2. The number of carbonyl (C=O) groups excluding carboxylic acids is 1. The maximum atomic E-state index is 12.4. The highest BCUT2D eigenvalue weighted by atomic mass is 18.2. The zero-order valence-electron chi connectivity index (χ0n) is 17.2. The number of amides is 1. The summed E-state index contributed by atoms with van der Waals surface area (Å²) in [6, 6.07) is 6.20. The standard InChI is InChI=1S/C8H10FNO.C5H11FN2O2.C5H12FNO/c1-10-11-6-7-2-4-8(9)5-3-7;1-7-10-4-5(9)8-3-2-6;1-7-8-5-3-2-4-6/h2-5,10H,6H2,1H3;7H,2-4H2,1H3,(H,8,9);7H,2-5H2,1H3/i9-1;2*6-1. The Morgan fingerprint density at radius 2 is 1.52 bits per heavy atom. The number of hydrogen-bond acceptors (Lipinski definition) is 7. The van der Waals surface area contributed by atoms with Gasteiger partial charge in [-0.3, -0.25) is 18.9 Å². The van der Waals surface area contributed by atoms with Crippen LogP contribution in [0.1, 0.15) is 18.4 Å². The quantitative estimate of drug-likeness (QED) is 0.283. The number of alkyl halides is 2. The van der Waals surface area contributed by atoms with E-state index in [0.717, 1.165) is 12.0 Å². The zero-order chi connectivity index (χ0) is 22.2. The Morgan fingerprint density at radius 3 is 2.03 bits per heavy atom. The highest BCUT2D eigenvalue weighted by molar-refractivity contribution is 5.77. The van der Waals surface area contributed by atoms with Crippen LogP contribution in [0.2, 0.25) is 0 Å². The molecule has 4 N–H and O–H groups in total. The maximum absolute atomic E-state index is 12.4. The summed E-state index contributed by atoms with van der Waals surface area (Å²) >= 11 is 0. The molecule has 170 valence electrons. The van der Waals surface area contributed by atoms with Gasteiger partial charge in [0.2, 0.25) is 5.91 Å². The van der Waals surface area contributed by atoms with Crippen molar-refractivity contribution in [3.8, 4) is 0 Å². The van der Waals surface area contributed by atoms with Crippen LogP contribution in [-0.4, -0.2) is 60.2 Å². The summed E-state index contributed by atoms with van der Waals surface area (Å²) in [5.74, 6) is -0.551. The molecule has 0 aliphatic rings. The number of hydroxylamine groups is 3. The van der Waals surface area contributed by atoms with Crippen LogP contribution in [0.3, 0.4) is 0 Å². The van der Waals surface area contributed by atoms with Crippen LogP contribution < -0.4 is 21.8 Å². The van der Waals surface area contributed by atoms with Gasteiger partial charge in [0.15, 0.2) is 0 Å². The van der Waals surface area contributed by atoms with Crippen molar-refractivity contribution in [1.29, 1.82) is 0 Å². The SMILES string of the molecule is CNOCC(=O)NCC[18F].CNOCCCC[18F].CNOCc1ccc([18F])cc1. The molecule has 0 fully saturated rings. The maximum Gasteiger partial charge on any atom is 0.248 e. The van der Waals surface area contributed by atoms with Crippen LogP contribution >= 0.6 is 0 Å². The molecular weight excluding hydrogens is 390 g/mol. The van der Waals surface area contributed by atoms with Gasteiger partial charge >= 0.3 is 0 Å². The van der Waals surface area contributed by atoms with E-state index in [1.807, 2.05) is 0 Å². The van der Waals surface area contributed by atoms with Crippen LogP contribution in [0.15, 0.2) is 24.3 Å². The Labute approximate surface area is 170 Å². The molecule has 0 unspecified atom stereocenters. The lowest BCUT2D eigenvalue weighted by Gasteiger charge is -2.01. The van der Waals surface area contributed by atoms with Gasteiger partial charge in [-0.2, -0.15) is 0 Å².